The standard InChI is InChI=1S/C13H14N2O2/c1-15-7-11-9(6-12(15)13(16)17)8-4-2-3-5-10(8)14-11/h2-5,12,14H,6-7H2,1H3,(H,16,17)/t12-/m1/s1. The molecule has 0 spiro atoms. The molecule has 4 heteroatoms. The molecule has 88 valence electrons. The third-order valence-corrected chi connectivity index (χ3v) is 3.52. The zero-order chi connectivity index (χ0) is 12.0. The van der Waals surface area contributed by atoms with Crippen LogP contribution >= 0.6 is 0 Å². The van der Waals surface area contributed by atoms with Crippen molar-refractivity contribution >= 4 is 16.9 Å². The molecule has 4 nitrogen and oxygen atoms in total. The number of likely N-dealkylation sites (N-methyl/N-ethyl adjacent to an activating group) is 1. The lowest BCUT2D eigenvalue weighted by atomic mass is 9.97. The summed E-state index contributed by atoms with van der Waals surface area (Å²) in [5.41, 5.74) is 3.40. The van der Waals surface area contributed by atoms with E-state index in [9.17, 15) is 9.90 Å². The number of aliphatic carboxylic acids is 1. The zero-order valence-electron chi connectivity index (χ0n) is 9.60. The lowest BCUT2D eigenvalue weighted by Crippen LogP contribution is -2.42. The molecule has 2 aromatic rings. The molecule has 0 fully saturated rings. The molecule has 0 bridgehead atoms. The summed E-state index contributed by atoms with van der Waals surface area (Å²) in [6.07, 6.45) is 0.575. The van der Waals surface area contributed by atoms with E-state index < -0.39 is 12.0 Å². The Morgan fingerprint density at radius 3 is 3.00 bits per heavy atom. The van der Waals surface area contributed by atoms with Crippen LogP contribution < -0.4 is 0 Å². The summed E-state index contributed by atoms with van der Waals surface area (Å²) in [6, 6.07) is 7.65. The van der Waals surface area contributed by atoms with Gasteiger partial charge in [-0.25, -0.2) is 0 Å². The number of nitrogens with zero attached hydrogens (tertiary/aromatic N) is 1. The van der Waals surface area contributed by atoms with Crippen LogP contribution in [0.1, 0.15) is 11.3 Å². The van der Waals surface area contributed by atoms with Crippen molar-refractivity contribution in [1.82, 2.24) is 9.88 Å². The molecule has 2 heterocycles. The Kier molecular flexibility index (Phi) is 2.19. The highest BCUT2D eigenvalue weighted by Gasteiger charge is 2.30. The van der Waals surface area contributed by atoms with Gasteiger partial charge in [0.05, 0.1) is 0 Å². The van der Waals surface area contributed by atoms with Gasteiger partial charge in [0.15, 0.2) is 0 Å². The van der Waals surface area contributed by atoms with E-state index in [0.29, 0.717) is 13.0 Å². The van der Waals surface area contributed by atoms with Gasteiger partial charge in [-0.1, -0.05) is 18.2 Å². The van der Waals surface area contributed by atoms with Crippen LogP contribution in [-0.4, -0.2) is 34.0 Å². The van der Waals surface area contributed by atoms with Crippen LogP contribution in [-0.2, 0) is 17.8 Å². The molecule has 3 rings (SSSR count). The minimum atomic E-state index is -0.747. The molecule has 1 aromatic heterocycles. The number of fused-ring (bicyclic) bond motifs is 3. The van der Waals surface area contributed by atoms with E-state index in [1.807, 2.05) is 30.1 Å². The minimum Gasteiger partial charge on any atom is -0.480 e. The van der Waals surface area contributed by atoms with Gasteiger partial charge in [0.1, 0.15) is 6.04 Å². The maximum absolute atomic E-state index is 11.2. The van der Waals surface area contributed by atoms with Crippen molar-refractivity contribution in [3.05, 3.63) is 35.5 Å². The number of aromatic amines is 1. The maximum Gasteiger partial charge on any atom is 0.321 e. The average Bonchev–Trinajstić information content (AvgIpc) is 2.64. The van der Waals surface area contributed by atoms with Gasteiger partial charge < -0.3 is 10.1 Å². The van der Waals surface area contributed by atoms with Crippen LogP contribution in [0, 0.1) is 0 Å². The fraction of sp³-hybridized carbons (Fsp3) is 0.308. The van der Waals surface area contributed by atoms with E-state index in [4.69, 9.17) is 0 Å². The first-order valence-corrected chi connectivity index (χ1v) is 5.68. The van der Waals surface area contributed by atoms with Crippen molar-refractivity contribution in [3.8, 4) is 0 Å². The molecule has 1 aliphatic rings. The summed E-state index contributed by atoms with van der Waals surface area (Å²) in [7, 11) is 1.85. The monoisotopic (exact) mass is 230 g/mol. The van der Waals surface area contributed by atoms with Gasteiger partial charge in [-0.15, -0.1) is 0 Å². The first-order chi connectivity index (χ1) is 8.16. The molecule has 0 unspecified atom stereocenters. The second-order valence-corrected chi connectivity index (χ2v) is 4.60. The van der Waals surface area contributed by atoms with Gasteiger partial charge >= 0.3 is 5.97 Å². The summed E-state index contributed by atoms with van der Waals surface area (Å²) in [5, 5.41) is 10.3. The molecule has 1 atom stereocenters. The maximum atomic E-state index is 11.2. The van der Waals surface area contributed by atoms with Crippen molar-refractivity contribution in [2.45, 2.75) is 19.0 Å². The van der Waals surface area contributed by atoms with Crippen LogP contribution in [0.15, 0.2) is 24.3 Å². The van der Waals surface area contributed by atoms with Crippen molar-refractivity contribution in [3.63, 3.8) is 0 Å². The summed E-state index contributed by atoms with van der Waals surface area (Å²) in [5.74, 6) is -0.747. The third kappa shape index (κ3) is 1.52. The second kappa shape index (κ2) is 3.60. The molecule has 0 aliphatic carbocycles. The smallest absolute Gasteiger partial charge is 0.321 e. The van der Waals surface area contributed by atoms with E-state index >= 15 is 0 Å². The highest BCUT2D eigenvalue weighted by Crippen LogP contribution is 2.29. The molecule has 2 N–H and O–H groups in total. The predicted molar refractivity (Wildman–Crippen MR) is 64.9 cm³/mol. The fourth-order valence-corrected chi connectivity index (χ4v) is 2.61. The van der Waals surface area contributed by atoms with Gasteiger partial charge in [-0.2, -0.15) is 0 Å². The molecule has 1 aromatic carbocycles. The SMILES string of the molecule is CN1Cc2[nH]c3ccccc3c2C[C@@H]1C(=O)O. The second-order valence-electron chi connectivity index (χ2n) is 4.60. The number of rotatable bonds is 1. The normalized spacial score (nSPS) is 20.4. The molecule has 0 saturated heterocycles. The number of para-hydroxylation sites is 1. The number of carbonyl (C=O) groups is 1. The van der Waals surface area contributed by atoms with E-state index in [0.717, 1.165) is 22.2 Å². The summed E-state index contributed by atoms with van der Waals surface area (Å²) < 4.78 is 0. The molecular weight excluding hydrogens is 216 g/mol. The van der Waals surface area contributed by atoms with Gasteiger partial charge in [0, 0.05) is 29.6 Å². The molecule has 1 aliphatic heterocycles. The Morgan fingerprint density at radius 1 is 1.47 bits per heavy atom. The molecule has 0 amide bonds. The number of carboxylic acid groups (broad SMARTS) is 1. The first-order valence-electron chi connectivity index (χ1n) is 5.68. The van der Waals surface area contributed by atoms with Crippen molar-refractivity contribution < 1.29 is 9.90 Å². The highest BCUT2D eigenvalue weighted by molar-refractivity contribution is 5.86. The van der Waals surface area contributed by atoms with E-state index in [1.165, 1.54) is 0 Å². The number of hydrogen-bond acceptors (Lipinski definition) is 2. The molecule has 0 radical (unpaired) electrons. The van der Waals surface area contributed by atoms with Crippen molar-refractivity contribution in [2.24, 2.45) is 0 Å². The number of carboxylic acids is 1. The van der Waals surface area contributed by atoms with Gasteiger partial charge in [-0.05, 0) is 18.7 Å². The van der Waals surface area contributed by atoms with Gasteiger partial charge in [0.2, 0.25) is 0 Å². The molecular formula is C13H14N2O2. The first kappa shape index (κ1) is 10.4. The quantitative estimate of drug-likeness (QED) is 0.782. The number of hydrogen-bond donors (Lipinski definition) is 2. The van der Waals surface area contributed by atoms with Crippen molar-refractivity contribution in [2.75, 3.05) is 7.05 Å². The largest absolute Gasteiger partial charge is 0.480 e. The van der Waals surface area contributed by atoms with E-state index in [1.54, 1.807) is 0 Å². The van der Waals surface area contributed by atoms with Gasteiger partial charge in [0.25, 0.3) is 0 Å². The average molecular weight is 230 g/mol. The Labute approximate surface area is 98.9 Å². The number of H-pyrrole nitrogens is 1. The Hall–Kier alpha value is -1.81. The number of aromatic nitrogens is 1. The number of benzene rings is 1. The molecule has 0 saturated carbocycles. The lowest BCUT2D eigenvalue weighted by Gasteiger charge is -2.29. The van der Waals surface area contributed by atoms with Crippen LogP contribution in [0.5, 0.6) is 0 Å². The van der Waals surface area contributed by atoms with Crippen LogP contribution in [0.3, 0.4) is 0 Å². The summed E-state index contributed by atoms with van der Waals surface area (Å²) >= 11 is 0. The Bertz CT molecular complexity index is 588. The summed E-state index contributed by atoms with van der Waals surface area (Å²) in [6.45, 7) is 0.668. The topological polar surface area (TPSA) is 56.3 Å². The molecule has 17 heavy (non-hydrogen) atoms. The van der Waals surface area contributed by atoms with Crippen LogP contribution in [0.25, 0.3) is 10.9 Å². The summed E-state index contributed by atoms with van der Waals surface area (Å²) in [4.78, 5) is 16.4. The Balaban J connectivity index is 2.13. The van der Waals surface area contributed by atoms with E-state index in [2.05, 4.69) is 11.1 Å². The third-order valence-electron chi connectivity index (χ3n) is 3.52. The Morgan fingerprint density at radius 2 is 2.24 bits per heavy atom. The van der Waals surface area contributed by atoms with E-state index in [-0.39, 0.29) is 0 Å². The van der Waals surface area contributed by atoms with Gasteiger partial charge in [-0.3, -0.25) is 9.69 Å². The lowest BCUT2D eigenvalue weighted by molar-refractivity contribution is -0.143. The fourth-order valence-electron chi connectivity index (χ4n) is 2.61. The zero-order valence-corrected chi connectivity index (χ0v) is 9.60. The van der Waals surface area contributed by atoms with Crippen LogP contribution in [0.2, 0.25) is 0 Å². The van der Waals surface area contributed by atoms with Crippen LogP contribution in [0.4, 0.5) is 0 Å². The predicted octanol–water partition coefficient (Wildman–Crippen LogP) is 1.61. The highest BCUT2D eigenvalue weighted by atomic mass is 16.4. The minimum absolute atomic E-state index is 0.415. The number of nitrogens with one attached hydrogen (secondary N) is 1. The van der Waals surface area contributed by atoms with Crippen molar-refractivity contribution in [1.29, 1.82) is 0 Å².